The van der Waals surface area contributed by atoms with Crippen LogP contribution in [0.5, 0.6) is 0 Å². The zero-order chi connectivity index (χ0) is 17.6. The summed E-state index contributed by atoms with van der Waals surface area (Å²) >= 11 is 0. The van der Waals surface area contributed by atoms with Gasteiger partial charge < -0.3 is 14.0 Å². The molecule has 0 atom stereocenters. The predicted octanol–water partition coefficient (Wildman–Crippen LogP) is 3.34. The van der Waals surface area contributed by atoms with E-state index in [1.54, 1.807) is 4.90 Å². The third-order valence-corrected chi connectivity index (χ3v) is 4.74. The fraction of sp³-hybridized carbons (Fsp3) is 0.200. The van der Waals surface area contributed by atoms with Crippen molar-refractivity contribution in [3.63, 3.8) is 0 Å². The minimum Gasteiger partial charge on any atom is -0.351 e. The monoisotopic (exact) mass is 332 g/mol. The SMILES string of the molecule is CN(Cc1nc2ccccc2n1C)C(=O)c1ccc2ccn(C)c2c1. The van der Waals surface area contributed by atoms with E-state index < -0.39 is 0 Å². The molecule has 0 saturated carbocycles. The lowest BCUT2D eigenvalue weighted by Crippen LogP contribution is -2.27. The second kappa shape index (κ2) is 5.77. The first-order valence-corrected chi connectivity index (χ1v) is 8.25. The van der Waals surface area contributed by atoms with Gasteiger partial charge in [-0.2, -0.15) is 0 Å². The Labute approximate surface area is 146 Å². The quantitative estimate of drug-likeness (QED) is 0.577. The van der Waals surface area contributed by atoms with Crippen LogP contribution in [0, 0.1) is 0 Å². The Balaban J connectivity index is 1.62. The fourth-order valence-electron chi connectivity index (χ4n) is 3.24. The van der Waals surface area contributed by atoms with E-state index in [0.29, 0.717) is 12.1 Å². The number of carbonyl (C=O) groups is 1. The maximum Gasteiger partial charge on any atom is 0.254 e. The number of hydrogen-bond acceptors (Lipinski definition) is 2. The summed E-state index contributed by atoms with van der Waals surface area (Å²) in [4.78, 5) is 19.2. The number of benzene rings is 2. The summed E-state index contributed by atoms with van der Waals surface area (Å²) < 4.78 is 4.07. The average Bonchev–Trinajstić information content (AvgIpc) is 3.15. The van der Waals surface area contributed by atoms with Crippen molar-refractivity contribution in [2.24, 2.45) is 14.1 Å². The number of amides is 1. The molecule has 0 aliphatic rings. The summed E-state index contributed by atoms with van der Waals surface area (Å²) in [5.41, 5.74) is 3.77. The van der Waals surface area contributed by atoms with Crippen molar-refractivity contribution in [3.8, 4) is 0 Å². The van der Waals surface area contributed by atoms with E-state index in [-0.39, 0.29) is 5.91 Å². The van der Waals surface area contributed by atoms with Crippen LogP contribution in [0.1, 0.15) is 16.2 Å². The highest BCUT2D eigenvalue weighted by Crippen LogP contribution is 2.19. The number of imidazole rings is 1. The van der Waals surface area contributed by atoms with Crippen molar-refractivity contribution in [1.29, 1.82) is 0 Å². The number of hydrogen-bond donors (Lipinski definition) is 0. The third kappa shape index (κ3) is 2.58. The Morgan fingerprint density at radius 3 is 2.68 bits per heavy atom. The molecule has 4 rings (SSSR count). The van der Waals surface area contributed by atoms with Crippen LogP contribution in [-0.4, -0.2) is 32.0 Å². The molecule has 0 radical (unpaired) electrons. The van der Waals surface area contributed by atoms with Crippen molar-refractivity contribution in [1.82, 2.24) is 19.0 Å². The van der Waals surface area contributed by atoms with Gasteiger partial charge in [-0.05, 0) is 35.7 Å². The predicted molar refractivity (Wildman–Crippen MR) is 99.4 cm³/mol. The molecule has 2 heterocycles. The molecule has 2 aromatic carbocycles. The van der Waals surface area contributed by atoms with Crippen LogP contribution in [0.3, 0.4) is 0 Å². The minimum absolute atomic E-state index is 0.00449. The number of aromatic nitrogens is 3. The number of para-hydroxylation sites is 2. The molecule has 1 amide bonds. The lowest BCUT2D eigenvalue weighted by Gasteiger charge is -2.17. The molecular formula is C20H20N4O. The molecule has 0 fully saturated rings. The van der Waals surface area contributed by atoms with E-state index >= 15 is 0 Å². The lowest BCUT2D eigenvalue weighted by molar-refractivity contribution is 0.0781. The molecule has 0 spiro atoms. The summed E-state index contributed by atoms with van der Waals surface area (Å²) in [5.74, 6) is 0.868. The van der Waals surface area contributed by atoms with E-state index in [0.717, 1.165) is 27.8 Å². The van der Waals surface area contributed by atoms with Gasteiger partial charge in [-0.1, -0.05) is 18.2 Å². The first-order chi connectivity index (χ1) is 12.0. The van der Waals surface area contributed by atoms with Crippen LogP contribution >= 0.6 is 0 Å². The van der Waals surface area contributed by atoms with Crippen LogP contribution in [0.25, 0.3) is 21.9 Å². The molecule has 126 valence electrons. The van der Waals surface area contributed by atoms with Gasteiger partial charge in [0.15, 0.2) is 0 Å². The average molecular weight is 332 g/mol. The van der Waals surface area contributed by atoms with Gasteiger partial charge in [0, 0.05) is 38.4 Å². The molecule has 0 bridgehead atoms. The van der Waals surface area contributed by atoms with Gasteiger partial charge in [-0.25, -0.2) is 4.98 Å². The summed E-state index contributed by atoms with van der Waals surface area (Å²) in [6.07, 6.45) is 2.00. The van der Waals surface area contributed by atoms with E-state index in [1.807, 2.05) is 85.0 Å². The first kappa shape index (κ1) is 15.4. The molecule has 2 aromatic heterocycles. The molecule has 0 aliphatic heterocycles. The second-order valence-electron chi connectivity index (χ2n) is 6.44. The smallest absolute Gasteiger partial charge is 0.254 e. The molecule has 0 N–H and O–H groups in total. The van der Waals surface area contributed by atoms with Gasteiger partial charge in [0.1, 0.15) is 5.82 Å². The molecular weight excluding hydrogens is 312 g/mol. The van der Waals surface area contributed by atoms with Crippen molar-refractivity contribution in [2.45, 2.75) is 6.54 Å². The zero-order valence-electron chi connectivity index (χ0n) is 14.6. The van der Waals surface area contributed by atoms with E-state index in [2.05, 4.69) is 4.98 Å². The van der Waals surface area contributed by atoms with E-state index in [4.69, 9.17) is 0 Å². The highest BCUT2D eigenvalue weighted by molar-refractivity contribution is 5.98. The first-order valence-electron chi connectivity index (χ1n) is 8.25. The highest BCUT2D eigenvalue weighted by atomic mass is 16.2. The molecule has 0 saturated heterocycles. The fourth-order valence-corrected chi connectivity index (χ4v) is 3.24. The Morgan fingerprint density at radius 1 is 1.08 bits per heavy atom. The third-order valence-electron chi connectivity index (χ3n) is 4.74. The zero-order valence-corrected chi connectivity index (χ0v) is 14.6. The lowest BCUT2D eigenvalue weighted by atomic mass is 10.1. The number of rotatable bonds is 3. The van der Waals surface area contributed by atoms with Crippen LogP contribution in [-0.2, 0) is 20.6 Å². The van der Waals surface area contributed by atoms with Crippen molar-refractivity contribution in [2.75, 3.05) is 7.05 Å². The van der Waals surface area contributed by atoms with Gasteiger partial charge in [-0.3, -0.25) is 4.79 Å². The number of aryl methyl sites for hydroxylation is 2. The van der Waals surface area contributed by atoms with Crippen LogP contribution in [0.2, 0.25) is 0 Å². The maximum absolute atomic E-state index is 12.8. The number of carbonyl (C=O) groups excluding carboxylic acids is 1. The van der Waals surface area contributed by atoms with Gasteiger partial charge >= 0.3 is 0 Å². The summed E-state index contributed by atoms with van der Waals surface area (Å²) in [6.45, 7) is 0.467. The molecule has 5 nitrogen and oxygen atoms in total. The number of fused-ring (bicyclic) bond motifs is 2. The normalized spacial score (nSPS) is 11.3. The van der Waals surface area contributed by atoms with Crippen LogP contribution in [0.15, 0.2) is 54.7 Å². The molecule has 4 aromatic rings. The Bertz CT molecular complexity index is 1090. The Morgan fingerprint density at radius 2 is 1.88 bits per heavy atom. The Kier molecular flexibility index (Phi) is 3.57. The highest BCUT2D eigenvalue weighted by Gasteiger charge is 2.16. The molecule has 0 unspecified atom stereocenters. The molecule has 0 aliphatic carbocycles. The van der Waals surface area contributed by atoms with Crippen LogP contribution < -0.4 is 0 Å². The standard InChI is InChI=1S/C20H20N4O/c1-22-11-10-14-8-9-15(12-18(14)22)20(25)23(2)13-19-21-16-6-4-5-7-17(16)24(19)3/h4-12H,13H2,1-3H3. The summed E-state index contributed by atoms with van der Waals surface area (Å²) in [7, 11) is 5.79. The van der Waals surface area contributed by atoms with E-state index in [9.17, 15) is 4.79 Å². The van der Waals surface area contributed by atoms with Crippen LogP contribution in [0.4, 0.5) is 0 Å². The molecule has 25 heavy (non-hydrogen) atoms. The van der Waals surface area contributed by atoms with Gasteiger partial charge in [0.25, 0.3) is 5.91 Å². The summed E-state index contributed by atoms with van der Waals surface area (Å²) in [6, 6.07) is 15.9. The second-order valence-corrected chi connectivity index (χ2v) is 6.44. The van der Waals surface area contributed by atoms with Crippen molar-refractivity contribution >= 4 is 27.8 Å². The Hall–Kier alpha value is -3.08. The summed E-state index contributed by atoms with van der Waals surface area (Å²) in [5, 5.41) is 1.14. The largest absolute Gasteiger partial charge is 0.351 e. The van der Waals surface area contributed by atoms with Gasteiger partial charge in [0.2, 0.25) is 0 Å². The maximum atomic E-state index is 12.8. The topological polar surface area (TPSA) is 43.1 Å². The van der Waals surface area contributed by atoms with E-state index in [1.165, 1.54) is 0 Å². The minimum atomic E-state index is -0.00449. The van der Waals surface area contributed by atoms with Crippen molar-refractivity contribution in [3.05, 3.63) is 66.1 Å². The number of nitrogens with zero attached hydrogens (tertiary/aromatic N) is 4. The van der Waals surface area contributed by atoms with Gasteiger partial charge in [-0.15, -0.1) is 0 Å². The molecule has 5 heteroatoms. The van der Waals surface area contributed by atoms with Gasteiger partial charge in [0.05, 0.1) is 17.6 Å². The van der Waals surface area contributed by atoms with Crippen molar-refractivity contribution < 1.29 is 4.79 Å².